The molecule has 0 saturated carbocycles. The van der Waals surface area contributed by atoms with Crippen LogP contribution in [0.4, 0.5) is 0 Å². The molecule has 2 rings (SSSR count). The third-order valence-electron chi connectivity index (χ3n) is 2.08. The zero-order valence-electron chi connectivity index (χ0n) is 7.35. The Morgan fingerprint density at radius 3 is 2.69 bits per heavy atom. The molecule has 0 bridgehead atoms. The molecule has 2 nitrogen and oxygen atoms in total. The molecule has 4 heteroatoms. The molecule has 0 spiro atoms. The van der Waals surface area contributed by atoms with E-state index in [1.54, 1.807) is 0 Å². The van der Waals surface area contributed by atoms with E-state index in [1.807, 2.05) is 25.2 Å². The summed E-state index contributed by atoms with van der Waals surface area (Å²) in [5.41, 5.74) is 1.21. The van der Waals surface area contributed by atoms with E-state index in [4.69, 9.17) is 15.8 Å². The Kier molecular flexibility index (Phi) is 2.85. The van der Waals surface area contributed by atoms with Gasteiger partial charge in [-0.15, -0.1) is 0 Å². The van der Waals surface area contributed by atoms with Crippen LogP contribution >= 0.6 is 18.9 Å². The first-order chi connectivity index (χ1) is 6.27. The molecule has 1 aliphatic heterocycles. The van der Waals surface area contributed by atoms with Crippen LogP contribution in [0, 0.1) is 0 Å². The minimum absolute atomic E-state index is 0.148. The molecule has 1 fully saturated rings. The highest BCUT2D eigenvalue weighted by Crippen LogP contribution is 2.55. The standard InChI is InChI=1S/C9H11ClNOP/c1-11-7-9(12-13(11)10)8-5-3-2-4-6-8/h2-6,9H,7H2,1H3/t9-,13?/m0/s1. The topological polar surface area (TPSA) is 12.5 Å². The van der Waals surface area contributed by atoms with E-state index in [1.165, 1.54) is 5.56 Å². The summed E-state index contributed by atoms with van der Waals surface area (Å²) < 4.78 is 7.67. The van der Waals surface area contributed by atoms with Crippen molar-refractivity contribution in [3.05, 3.63) is 35.9 Å². The summed E-state index contributed by atoms with van der Waals surface area (Å²) in [5.74, 6) is 0. The molecule has 0 aliphatic carbocycles. The maximum atomic E-state index is 5.98. The van der Waals surface area contributed by atoms with E-state index in [-0.39, 0.29) is 6.10 Å². The smallest absolute Gasteiger partial charge is 0.207 e. The Bertz CT molecular complexity index is 272. The first kappa shape index (κ1) is 9.42. The van der Waals surface area contributed by atoms with Crippen molar-refractivity contribution in [1.29, 1.82) is 0 Å². The lowest BCUT2D eigenvalue weighted by Gasteiger charge is -2.07. The normalized spacial score (nSPS) is 29.4. The summed E-state index contributed by atoms with van der Waals surface area (Å²) in [7, 11) is 1.10. The molecule has 1 unspecified atom stereocenters. The number of likely N-dealkylation sites (N-methyl/N-ethyl adjacent to an activating group) is 1. The fourth-order valence-corrected chi connectivity index (χ4v) is 2.67. The molecule has 0 radical (unpaired) electrons. The van der Waals surface area contributed by atoms with Gasteiger partial charge in [-0.05, 0) is 23.9 Å². The first-order valence-electron chi connectivity index (χ1n) is 4.16. The van der Waals surface area contributed by atoms with Gasteiger partial charge in [0.05, 0.1) is 0 Å². The molecule has 1 heterocycles. The highest BCUT2D eigenvalue weighted by atomic mass is 35.7. The highest BCUT2D eigenvalue weighted by molar-refractivity contribution is 7.78. The zero-order chi connectivity index (χ0) is 9.26. The molecule has 0 aromatic heterocycles. The van der Waals surface area contributed by atoms with Crippen LogP contribution in [-0.2, 0) is 4.52 Å². The molecule has 0 N–H and O–H groups in total. The van der Waals surface area contributed by atoms with Crippen LogP contribution in [0.15, 0.2) is 30.3 Å². The minimum Gasteiger partial charge on any atom is -0.322 e. The average Bonchev–Trinajstić information content (AvgIpc) is 2.49. The summed E-state index contributed by atoms with van der Waals surface area (Å²) in [6.07, 6.45) is 0.148. The molecular formula is C9H11ClNOP. The summed E-state index contributed by atoms with van der Waals surface area (Å²) in [6, 6.07) is 10.2. The largest absolute Gasteiger partial charge is 0.322 e. The van der Waals surface area contributed by atoms with Gasteiger partial charge in [0.25, 0.3) is 0 Å². The molecule has 0 amide bonds. The molecule has 1 aromatic rings. The fourth-order valence-electron chi connectivity index (χ4n) is 1.36. The summed E-state index contributed by atoms with van der Waals surface area (Å²) >= 11 is 5.98. The van der Waals surface area contributed by atoms with E-state index in [9.17, 15) is 0 Å². The average molecular weight is 216 g/mol. The first-order valence-corrected chi connectivity index (χ1v) is 6.28. The van der Waals surface area contributed by atoms with Crippen LogP contribution in [0.25, 0.3) is 0 Å². The van der Waals surface area contributed by atoms with Gasteiger partial charge in [0.1, 0.15) is 6.10 Å². The summed E-state index contributed by atoms with van der Waals surface area (Å²) in [4.78, 5) is 0. The second-order valence-corrected chi connectivity index (χ2v) is 5.28. The second kappa shape index (κ2) is 3.93. The van der Waals surface area contributed by atoms with Crippen LogP contribution in [0.5, 0.6) is 0 Å². The van der Waals surface area contributed by atoms with Crippen molar-refractivity contribution in [2.75, 3.05) is 13.6 Å². The van der Waals surface area contributed by atoms with E-state index < -0.39 is 7.65 Å². The predicted octanol–water partition coefficient (Wildman–Crippen LogP) is 3.16. The number of rotatable bonds is 1. The molecule has 70 valence electrons. The molecular weight excluding hydrogens is 205 g/mol. The van der Waals surface area contributed by atoms with Gasteiger partial charge in [0.2, 0.25) is 7.65 Å². The number of hydrogen-bond donors (Lipinski definition) is 0. The minimum atomic E-state index is -0.884. The lowest BCUT2D eigenvalue weighted by atomic mass is 10.1. The quantitative estimate of drug-likeness (QED) is 0.668. The van der Waals surface area contributed by atoms with Gasteiger partial charge in [0.15, 0.2) is 0 Å². The Balaban J connectivity index is 2.12. The van der Waals surface area contributed by atoms with Crippen LogP contribution in [-0.4, -0.2) is 18.3 Å². The number of hydrogen-bond acceptors (Lipinski definition) is 2. The molecule has 1 aliphatic rings. The molecule has 1 aromatic carbocycles. The summed E-state index contributed by atoms with van der Waals surface area (Å²) in [6.45, 7) is 0.888. The lowest BCUT2D eigenvalue weighted by molar-refractivity contribution is 0.266. The molecule has 1 saturated heterocycles. The number of nitrogens with zero attached hydrogens (tertiary/aromatic N) is 1. The van der Waals surface area contributed by atoms with Crippen LogP contribution in [0.2, 0.25) is 0 Å². The van der Waals surface area contributed by atoms with Crippen molar-refractivity contribution in [1.82, 2.24) is 4.67 Å². The van der Waals surface area contributed by atoms with Gasteiger partial charge < -0.3 is 4.52 Å². The number of benzene rings is 1. The Labute approximate surface area is 84.1 Å². The van der Waals surface area contributed by atoms with Crippen molar-refractivity contribution in [3.8, 4) is 0 Å². The van der Waals surface area contributed by atoms with Crippen molar-refractivity contribution >= 4 is 18.9 Å². The highest BCUT2D eigenvalue weighted by Gasteiger charge is 2.30. The van der Waals surface area contributed by atoms with Crippen LogP contribution < -0.4 is 0 Å². The Hall–Kier alpha value is -0.140. The van der Waals surface area contributed by atoms with Gasteiger partial charge in [-0.1, -0.05) is 30.3 Å². The van der Waals surface area contributed by atoms with Gasteiger partial charge in [-0.2, -0.15) is 0 Å². The van der Waals surface area contributed by atoms with Crippen molar-refractivity contribution in [2.45, 2.75) is 6.10 Å². The van der Waals surface area contributed by atoms with Crippen molar-refractivity contribution in [2.24, 2.45) is 0 Å². The van der Waals surface area contributed by atoms with Crippen molar-refractivity contribution < 1.29 is 4.52 Å². The van der Waals surface area contributed by atoms with Gasteiger partial charge >= 0.3 is 0 Å². The third-order valence-corrected chi connectivity index (χ3v) is 4.23. The monoisotopic (exact) mass is 215 g/mol. The van der Waals surface area contributed by atoms with E-state index in [0.717, 1.165) is 6.54 Å². The van der Waals surface area contributed by atoms with Crippen LogP contribution in [0.1, 0.15) is 11.7 Å². The Morgan fingerprint density at radius 1 is 1.46 bits per heavy atom. The zero-order valence-corrected chi connectivity index (χ0v) is 9.00. The molecule has 13 heavy (non-hydrogen) atoms. The van der Waals surface area contributed by atoms with E-state index >= 15 is 0 Å². The predicted molar refractivity (Wildman–Crippen MR) is 55.7 cm³/mol. The van der Waals surface area contributed by atoms with Gasteiger partial charge in [0, 0.05) is 6.54 Å². The third kappa shape index (κ3) is 2.03. The fraction of sp³-hybridized carbons (Fsp3) is 0.333. The van der Waals surface area contributed by atoms with Gasteiger partial charge in [-0.25, -0.2) is 4.67 Å². The lowest BCUT2D eigenvalue weighted by Crippen LogP contribution is -2.08. The molecule has 2 atom stereocenters. The second-order valence-electron chi connectivity index (χ2n) is 3.07. The van der Waals surface area contributed by atoms with E-state index in [2.05, 4.69) is 16.8 Å². The number of halogens is 1. The SMILES string of the molecule is CN1C[C@@H](c2ccccc2)OP1Cl. The summed E-state index contributed by atoms with van der Waals surface area (Å²) in [5, 5.41) is 0. The maximum absolute atomic E-state index is 5.98. The maximum Gasteiger partial charge on any atom is 0.207 e. The van der Waals surface area contributed by atoms with Crippen molar-refractivity contribution in [3.63, 3.8) is 0 Å². The van der Waals surface area contributed by atoms with E-state index in [0.29, 0.717) is 0 Å². The van der Waals surface area contributed by atoms with Crippen LogP contribution in [0.3, 0.4) is 0 Å². The Morgan fingerprint density at radius 2 is 2.15 bits per heavy atom. The van der Waals surface area contributed by atoms with Gasteiger partial charge in [-0.3, -0.25) is 0 Å².